The molecule has 2 N–H and O–H groups in total. The number of hydrogen-bond donors (Lipinski definition) is 2. The average Bonchev–Trinajstić information content (AvgIpc) is 3.07. The second-order valence-electron chi connectivity index (χ2n) is 4.23. The molecular formula is C12H12N6O2. The standard InChI is InChI=1S/C12H12N6O2/c1-18-6-9(11(19)13-12-14-16-17-15-12)8-5-7(20-2)3-4-10(8)18/h3-6H,1-2H3,(H2,13,14,15,16,17,19). The number of H-pyrrole nitrogens is 1. The number of anilines is 1. The van der Waals surface area contributed by atoms with Gasteiger partial charge in [-0.2, -0.15) is 5.21 Å². The third-order valence-electron chi connectivity index (χ3n) is 3.01. The molecule has 0 atom stereocenters. The Bertz CT molecular complexity index is 762. The molecule has 20 heavy (non-hydrogen) atoms. The maximum absolute atomic E-state index is 12.3. The summed E-state index contributed by atoms with van der Waals surface area (Å²) in [6.45, 7) is 0. The highest BCUT2D eigenvalue weighted by atomic mass is 16.5. The number of aromatic amines is 1. The van der Waals surface area contributed by atoms with Crippen LogP contribution in [0.5, 0.6) is 5.75 Å². The molecular weight excluding hydrogens is 260 g/mol. The number of carbonyl (C=O) groups excluding carboxylic acids is 1. The zero-order valence-corrected chi connectivity index (χ0v) is 10.9. The molecule has 3 aromatic rings. The molecule has 1 amide bonds. The Balaban J connectivity index is 2.04. The van der Waals surface area contributed by atoms with Gasteiger partial charge in [-0.1, -0.05) is 5.10 Å². The highest BCUT2D eigenvalue weighted by Crippen LogP contribution is 2.25. The normalized spacial score (nSPS) is 10.7. The van der Waals surface area contributed by atoms with E-state index in [1.165, 1.54) is 0 Å². The number of benzene rings is 1. The SMILES string of the molecule is COc1ccc2c(c1)c(C(=O)Nc1nn[nH]n1)cn2C. The molecule has 2 heterocycles. The molecule has 0 radical (unpaired) electrons. The number of aryl methyl sites for hydroxylation is 1. The quantitative estimate of drug-likeness (QED) is 0.739. The van der Waals surface area contributed by atoms with Crippen molar-refractivity contribution >= 4 is 22.8 Å². The van der Waals surface area contributed by atoms with Gasteiger partial charge in [0.1, 0.15) is 5.75 Å². The zero-order chi connectivity index (χ0) is 14.1. The van der Waals surface area contributed by atoms with E-state index in [-0.39, 0.29) is 11.9 Å². The van der Waals surface area contributed by atoms with Gasteiger partial charge in [-0.3, -0.25) is 10.1 Å². The van der Waals surface area contributed by atoms with E-state index in [2.05, 4.69) is 25.9 Å². The molecule has 0 aliphatic rings. The van der Waals surface area contributed by atoms with Crippen LogP contribution in [0.15, 0.2) is 24.4 Å². The fraction of sp³-hybridized carbons (Fsp3) is 0.167. The number of hydrogen-bond acceptors (Lipinski definition) is 5. The lowest BCUT2D eigenvalue weighted by atomic mass is 10.1. The first-order valence-electron chi connectivity index (χ1n) is 5.87. The van der Waals surface area contributed by atoms with Gasteiger partial charge in [0.25, 0.3) is 11.9 Å². The Morgan fingerprint density at radius 3 is 3.00 bits per heavy atom. The van der Waals surface area contributed by atoms with Crippen LogP contribution >= 0.6 is 0 Å². The van der Waals surface area contributed by atoms with Gasteiger partial charge in [-0.25, -0.2) is 0 Å². The third-order valence-corrected chi connectivity index (χ3v) is 3.01. The molecule has 1 aromatic carbocycles. The van der Waals surface area contributed by atoms with Crippen LogP contribution in [0.25, 0.3) is 10.9 Å². The molecule has 8 nitrogen and oxygen atoms in total. The third kappa shape index (κ3) is 1.96. The van der Waals surface area contributed by atoms with E-state index in [1.807, 2.05) is 29.8 Å². The van der Waals surface area contributed by atoms with Crippen molar-refractivity contribution in [2.24, 2.45) is 7.05 Å². The van der Waals surface area contributed by atoms with Crippen molar-refractivity contribution in [1.82, 2.24) is 25.2 Å². The number of ether oxygens (including phenoxy) is 1. The van der Waals surface area contributed by atoms with Crippen LogP contribution in [0, 0.1) is 0 Å². The second-order valence-corrected chi connectivity index (χ2v) is 4.23. The molecule has 0 saturated heterocycles. The summed E-state index contributed by atoms with van der Waals surface area (Å²) in [6, 6.07) is 5.57. The fourth-order valence-corrected chi connectivity index (χ4v) is 2.06. The van der Waals surface area contributed by atoms with Crippen LogP contribution in [0.2, 0.25) is 0 Å². The van der Waals surface area contributed by atoms with Crippen LogP contribution < -0.4 is 10.1 Å². The second kappa shape index (κ2) is 4.65. The molecule has 0 fully saturated rings. The number of rotatable bonds is 3. The Kier molecular flexibility index (Phi) is 2.82. The van der Waals surface area contributed by atoms with Crippen molar-refractivity contribution in [2.45, 2.75) is 0 Å². The van der Waals surface area contributed by atoms with Gasteiger partial charge in [0.15, 0.2) is 0 Å². The highest BCUT2D eigenvalue weighted by molar-refractivity contribution is 6.12. The van der Waals surface area contributed by atoms with Gasteiger partial charge < -0.3 is 9.30 Å². The zero-order valence-electron chi connectivity index (χ0n) is 10.9. The molecule has 102 valence electrons. The summed E-state index contributed by atoms with van der Waals surface area (Å²) >= 11 is 0. The monoisotopic (exact) mass is 272 g/mol. The van der Waals surface area contributed by atoms with Crippen molar-refractivity contribution in [3.63, 3.8) is 0 Å². The van der Waals surface area contributed by atoms with E-state index in [0.29, 0.717) is 11.3 Å². The topological polar surface area (TPSA) is 97.7 Å². The maximum Gasteiger partial charge on any atom is 0.270 e. The summed E-state index contributed by atoms with van der Waals surface area (Å²) in [4.78, 5) is 12.3. The summed E-state index contributed by atoms with van der Waals surface area (Å²) < 4.78 is 7.07. The number of aromatic nitrogens is 5. The molecule has 0 bridgehead atoms. The van der Waals surface area contributed by atoms with Gasteiger partial charge in [0, 0.05) is 24.1 Å². The molecule has 0 aliphatic carbocycles. The molecule has 3 rings (SSSR count). The summed E-state index contributed by atoms with van der Waals surface area (Å²) in [6.07, 6.45) is 1.75. The number of nitrogens with one attached hydrogen (secondary N) is 2. The lowest BCUT2D eigenvalue weighted by Crippen LogP contribution is -2.12. The first-order valence-corrected chi connectivity index (χ1v) is 5.87. The first-order chi connectivity index (χ1) is 9.69. The molecule has 8 heteroatoms. The predicted molar refractivity (Wildman–Crippen MR) is 71.6 cm³/mol. The van der Waals surface area contributed by atoms with Crippen molar-refractivity contribution in [1.29, 1.82) is 0 Å². The van der Waals surface area contributed by atoms with Crippen molar-refractivity contribution in [2.75, 3.05) is 12.4 Å². The average molecular weight is 272 g/mol. The number of methoxy groups -OCH3 is 1. The van der Waals surface area contributed by atoms with E-state index < -0.39 is 0 Å². The van der Waals surface area contributed by atoms with Crippen molar-refractivity contribution < 1.29 is 9.53 Å². The predicted octanol–water partition coefficient (Wildman–Crippen LogP) is 0.952. The molecule has 0 spiro atoms. The van der Waals surface area contributed by atoms with E-state index in [4.69, 9.17) is 4.74 Å². The largest absolute Gasteiger partial charge is 0.497 e. The minimum atomic E-state index is -0.301. The molecule has 0 saturated carbocycles. The highest BCUT2D eigenvalue weighted by Gasteiger charge is 2.16. The number of amides is 1. The van der Waals surface area contributed by atoms with Crippen LogP contribution in [-0.4, -0.2) is 38.2 Å². The summed E-state index contributed by atoms with van der Waals surface area (Å²) in [5.74, 6) is 0.525. The fourth-order valence-electron chi connectivity index (χ4n) is 2.06. The van der Waals surface area contributed by atoms with E-state index in [9.17, 15) is 4.79 Å². The Morgan fingerprint density at radius 2 is 2.30 bits per heavy atom. The number of tetrazole rings is 1. The lowest BCUT2D eigenvalue weighted by Gasteiger charge is -2.02. The summed E-state index contributed by atoms with van der Waals surface area (Å²) in [5.41, 5.74) is 1.45. The number of carbonyl (C=O) groups is 1. The van der Waals surface area contributed by atoms with E-state index in [0.717, 1.165) is 10.9 Å². The first kappa shape index (κ1) is 12.2. The summed E-state index contributed by atoms with van der Waals surface area (Å²) in [7, 11) is 3.46. The van der Waals surface area contributed by atoms with Gasteiger partial charge in [-0.05, 0) is 23.4 Å². The Hall–Kier alpha value is -2.90. The maximum atomic E-state index is 12.3. The number of nitrogens with zero attached hydrogens (tertiary/aromatic N) is 4. The molecule has 0 aliphatic heterocycles. The van der Waals surface area contributed by atoms with Crippen LogP contribution in [-0.2, 0) is 7.05 Å². The van der Waals surface area contributed by atoms with E-state index >= 15 is 0 Å². The Labute approximate surface area is 113 Å². The van der Waals surface area contributed by atoms with Gasteiger partial charge in [0.05, 0.1) is 12.7 Å². The van der Waals surface area contributed by atoms with Crippen LogP contribution in [0.4, 0.5) is 5.95 Å². The van der Waals surface area contributed by atoms with Crippen molar-refractivity contribution in [3.05, 3.63) is 30.0 Å². The minimum Gasteiger partial charge on any atom is -0.497 e. The molecule has 2 aromatic heterocycles. The van der Waals surface area contributed by atoms with Crippen LogP contribution in [0.1, 0.15) is 10.4 Å². The van der Waals surface area contributed by atoms with Crippen molar-refractivity contribution in [3.8, 4) is 5.75 Å². The lowest BCUT2D eigenvalue weighted by molar-refractivity contribution is 0.102. The van der Waals surface area contributed by atoms with E-state index in [1.54, 1.807) is 13.3 Å². The minimum absolute atomic E-state index is 0.134. The van der Waals surface area contributed by atoms with Gasteiger partial charge in [-0.15, -0.1) is 5.10 Å². The smallest absolute Gasteiger partial charge is 0.270 e. The number of fused-ring (bicyclic) bond motifs is 1. The van der Waals surface area contributed by atoms with Crippen LogP contribution in [0.3, 0.4) is 0 Å². The summed E-state index contributed by atoms with van der Waals surface area (Å²) in [5, 5.41) is 16.4. The van der Waals surface area contributed by atoms with Gasteiger partial charge in [0.2, 0.25) is 0 Å². The Morgan fingerprint density at radius 1 is 1.45 bits per heavy atom. The molecule has 0 unspecified atom stereocenters. The van der Waals surface area contributed by atoms with Gasteiger partial charge >= 0.3 is 0 Å².